The van der Waals surface area contributed by atoms with Gasteiger partial charge in [0.2, 0.25) is 0 Å². The van der Waals surface area contributed by atoms with E-state index < -0.39 is 0 Å². The van der Waals surface area contributed by atoms with E-state index in [1.54, 1.807) is 0 Å². The summed E-state index contributed by atoms with van der Waals surface area (Å²) in [6.45, 7) is 7.18. The molecule has 2 atom stereocenters. The summed E-state index contributed by atoms with van der Waals surface area (Å²) in [5.41, 5.74) is 2.71. The number of benzene rings is 1. The standard InChI is InChI=1S/C15H21NO2/c1-15(2,3)17-14-10-13-12-7-5-4-6-11(12)8-9-16(13)18-14/h4-7,13-14H,8-10H2,1-3H3/t13-,14+/m1/s1. The zero-order valence-corrected chi connectivity index (χ0v) is 11.3. The summed E-state index contributed by atoms with van der Waals surface area (Å²) in [5, 5.41) is 2.10. The molecule has 2 heterocycles. The molecule has 2 aliphatic heterocycles. The Morgan fingerprint density at radius 2 is 2.06 bits per heavy atom. The van der Waals surface area contributed by atoms with Gasteiger partial charge in [-0.2, -0.15) is 5.06 Å². The minimum absolute atomic E-state index is 0.110. The van der Waals surface area contributed by atoms with Crippen LogP contribution in [-0.2, 0) is 16.0 Å². The first-order valence-electron chi connectivity index (χ1n) is 6.72. The van der Waals surface area contributed by atoms with E-state index in [-0.39, 0.29) is 11.9 Å². The molecule has 0 saturated carbocycles. The molecule has 3 nitrogen and oxygen atoms in total. The van der Waals surface area contributed by atoms with E-state index in [9.17, 15) is 0 Å². The Morgan fingerprint density at radius 1 is 1.28 bits per heavy atom. The Hall–Kier alpha value is -0.900. The van der Waals surface area contributed by atoms with Gasteiger partial charge in [0.15, 0.2) is 6.29 Å². The van der Waals surface area contributed by atoms with Crippen LogP contribution in [0, 0.1) is 0 Å². The lowest BCUT2D eigenvalue weighted by molar-refractivity contribution is -0.266. The van der Waals surface area contributed by atoms with Gasteiger partial charge in [-0.25, -0.2) is 0 Å². The number of hydrogen-bond acceptors (Lipinski definition) is 3. The van der Waals surface area contributed by atoms with Crippen LogP contribution in [0.4, 0.5) is 0 Å². The Labute approximate surface area is 109 Å². The second-order valence-corrected chi connectivity index (χ2v) is 6.11. The molecular formula is C15H21NO2. The van der Waals surface area contributed by atoms with Crippen molar-refractivity contribution in [3.05, 3.63) is 35.4 Å². The van der Waals surface area contributed by atoms with E-state index in [4.69, 9.17) is 9.57 Å². The number of rotatable bonds is 1. The van der Waals surface area contributed by atoms with Crippen LogP contribution in [0.2, 0.25) is 0 Å². The zero-order valence-electron chi connectivity index (χ0n) is 11.3. The average Bonchev–Trinajstić information content (AvgIpc) is 2.69. The minimum Gasteiger partial charge on any atom is -0.345 e. The van der Waals surface area contributed by atoms with Gasteiger partial charge in [0.05, 0.1) is 11.6 Å². The highest BCUT2D eigenvalue weighted by Crippen LogP contribution is 2.40. The van der Waals surface area contributed by atoms with E-state index >= 15 is 0 Å². The number of nitrogens with zero attached hydrogens (tertiary/aromatic N) is 1. The van der Waals surface area contributed by atoms with E-state index in [1.807, 2.05) is 0 Å². The highest BCUT2D eigenvalue weighted by molar-refractivity contribution is 5.32. The molecule has 0 aliphatic carbocycles. The van der Waals surface area contributed by atoms with Crippen molar-refractivity contribution in [3.8, 4) is 0 Å². The van der Waals surface area contributed by atoms with E-state index in [1.165, 1.54) is 11.1 Å². The molecule has 0 N–H and O–H groups in total. The second kappa shape index (κ2) is 4.34. The highest BCUT2D eigenvalue weighted by Gasteiger charge is 2.39. The van der Waals surface area contributed by atoms with Crippen LogP contribution in [0.5, 0.6) is 0 Å². The first-order chi connectivity index (χ1) is 8.53. The van der Waals surface area contributed by atoms with Crippen LogP contribution >= 0.6 is 0 Å². The van der Waals surface area contributed by atoms with Gasteiger partial charge in [0.25, 0.3) is 0 Å². The lowest BCUT2D eigenvalue weighted by Gasteiger charge is -2.29. The maximum absolute atomic E-state index is 5.94. The molecule has 3 rings (SSSR count). The summed E-state index contributed by atoms with van der Waals surface area (Å²) in [6.07, 6.45) is 1.88. The Bertz CT molecular complexity index is 438. The van der Waals surface area contributed by atoms with Crippen LogP contribution in [0.3, 0.4) is 0 Å². The summed E-state index contributed by atoms with van der Waals surface area (Å²) in [4.78, 5) is 5.91. The molecule has 1 aromatic carbocycles. The zero-order chi connectivity index (χ0) is 12.8. The van der Waals surface area contributed by atoms with Crippen molar-refractivity contribution < 1.29 is 9.57 Å². The summed E-state index contributed by atoms with van der Waals surface area (Å²) in [5.74, 6) is 0. The molecule has 1 saturated heterocycles. The quantitative estimate of drug-likeness (QED) is 0.761. The van der Waals surface area contributed by atoms with Gasteiger partial charge in [-0.1, -0.05) is 24.3 Å². The lowest BCUT2D eigenvalue weighted by Crippen LogP contribution is -2.31. The molecule has 0 spiro atoms. The summed E-state index contributed by atoms with van der Waals surface area (Å²) in [6, 6.07) is 9.04. The average molecular weight is 247 g/mol. The number of hydroxylamine groups is 2. The van der Waals surface area contributed by atoms with Crippen molar-refractivity contribution in [1.29, 1.82) is 0 Å². The molecule has 0 aromatic heterocycles. The van der Waals surface area contributed by atoms with Crippen molar-refractivity contribution >= 4 is 0 Å². The third-order valence-electron chi connectivity index (χ3n) is 3.52. The van der Waals surface area contributed by atoms with Crippen LogP contribution in [-0.4, -0.2) is 23.5 Å². The molecule has 0 amide bonds. The number of ether oxygens (including phenoxy) is 1. The van der Waals surface area contributed by atoms with Crippen LogP contribution in [0.25, 0.3) is 0 Å². The minimum atomic E-state index is -0.154. The maximum Gasteiger partial charge on any atom is 0.180 e. The molecule has 98 valence electrons. The molecule has 1 fully saturated rings. The van der Waals surface area contributed by atoms with Crippen LogP contribution in [0.1, 0.15) is 44.4 Å². The summed E-state index contributed by atoms with van der Waals surface area (Å²) in [7, 11) is 0. The van der Waals surface area contributed by atoms with Gasteiger partial charge in [0.1, 0.15) is 0 Å². The molecule has 18 heavy (non-hydrogen) atoms. The maximum atomic E-state index is 5.94. The second-order valence-electron chi connectivity index (χ2n) is 6.11. The van der Waals surface area contributed by atoms with Gasteiger partial charge in [-0.05, 0) is 38.3 Å². The van der Waals surface area contributed by atoms with Crippen molar-refractivity contribution in [3.63, 3.8) is 0 Å². The molecular weight excluding hydrogens is 226 g/mol. The normalized spacial score (nSPS) is 27.9. The number of hydrogen-bond donors (Lipinski definition) is 0. The molecule has 0 radical (unpaired) electrons. The first-order valence-corrected chi connectivity index (χ1v) is 6.72. The first kappa shape index (κ1) is 12.2. The van der Waals surface area contributed by atoms with Crippen molar-refractivity contribution in [1.82, 2.24) is 5.06 Å². The van der Waals surface area contributed by atoms with Gasteiger partial charge in [-0.15, -0.1) is 0 Å². The molecule has 0 unspecified atom stereocenters. The fourth-order valence-electron chi connectivity index (χ4n) is 2.84. The third kappa shape index (κ3) is 2.30. The Morgan fingerprint density at radius 3 is 2.83 bits per heavy atom. The van der Waals surface area contributed by atoms with Gasteiger partial charge >= 0.3 is 0 Å². The highest BCUT2D eigenvalue weighted by atomic mass is 16.8. The predicted octanol–water partition coefficient (Wildman–Crippen LogP) is 3.06. The SMILES string of the molecule is CC(C)(C)O[C@@H]1C[C@@H]2c3ccccc3CCN2O1. The smallest absolute Gasteiger partial charge is 0.180 e. The number of fused-ring (bicyclic) bond motifs is 3. The molecule has 3 heteroatoms. The largest absolute Gasteiger partial charge is 0.345 e. The fraction of sp³-hybridized carbons (Fsp3) is 0.600. The van der Waals surface area contributed by atoms with Crippen molar-refractivity contribution in [2.45, 2.75) is 51.5 Å². The molecule has 0 bridgehead atoms. The van der Waals surface area contributed by atoms with Gasteiger partial charge in [0, 0.05) is 13.0 Å². The Kier molecular flexibility index (Phi) is 2.93. The summed E-state index contributed by atoms with van der Waals surface area (Å²) < 4.78 is 5.94. The molecule has 1 aromatic rings. The third-order valence-corrected chi connectivity index (χ3v) is 3.52. The summed E-state index contributed by atoms with van der Waals surface area (Å²) >= 11 is 0. The monoisotopic (exact) mass is 247 g/mol. The van der Waals surface area contributed by atoms with E-state index in [0.29, 0.717) is 6.04 Å². The fourth-order valence-corrected chi connectivity index (χ4v) is 2.84. The van der Waals surface area contributed by atoms with Crippen molar-refractivity contribution in [2.75, 3.05) is 6.54 Å². The van der Waals surface area contributed by atoms with Crippen LogP contribution < -0.4 is 0 Å². The van der Waals surface area contributed by atoms with Gasteiger partial charge < -0.3 is 4.74 Å². The van der Waals surface area contributed by atoms with Crippen LogP contribution in [0.15, 0.2) is 24.3 Å². The van der Waals surface area contributed by atoms with Crippen molar-refractivity contribution in [2.24, 2.45) is 0 Å². The van der Waals surface area contributed by atoms with Gasteiger partial charge in [-0.3, -0.25) is 4.84 Å². The topological polar surface area (TPSA) is 21.7 Å². The predicted molar refractivity (Wildman–Crippen MR) is 69.9 cm³/mol. The van der Waals surface area contributed by atoms with E-state index in [2.05, 4.69) is 50.1 Å². The molecule has 2 aliphatic rings. The lowest BCUT2D eigenvalue weighted by atomic mass is 9.93. The van der Waals surface area contributed by atoms with E-state index in [0.717, 1.165) is 19.4 Å². The Balaban J connectivity index is 1.78.